The van der Waals surface area contributed by atoms with Crippen molar-refractivity contribution in [2.24, 2.45) is 5.92 Å². The van der Waals surface area contributed by atoms with E-state index in [-0.39, 0.29) is 11.6 Å². The van der Waals surface area contributed by atoms with E-state index >= 15 is 0 Å². The predicted molar refractivity (Wildman–Crippen MR) is 91.1 cm³/mol. The highest BCUT2D eigenvalue weighted by atomic mass is 16.5. The Labute approximate surface area is 136 Å². The van der Waals surface area contributed by atoms with Gasteiger partial charge in [-0.25, -0.2) is 10.0 Å². The molecule has 2 saturated heterocycles. The second kappa shape index (κ2) is 6.97. The van der Waals surface area contributed by atoms with Crippen LogP contribution in [0.1, 0.15) is 41.0 Å². The molecule has 128 valence electrons. The molecular weight excluding hydrogens is 276 g/mol. The number of ether oxygens (including phenoxy) is 1. The highest BCUT2D eigenvalue weighted by molar-refractivity contribution is 5.06. The van der Waals surface area contributed by atoms with Gasteiger partial charge in [-0.2, -0.15) is 5.53 Å². The van der Waals surface area contributed by atoms with Gasteiger partial charge in [0.05, 0.1) is 6.10 Å². The SMILES string of the molecule is C=C(C)[C@H]1OCN(C[C@](C)(C(C)C)N(C)NN2CCC2)C1C. The molecule has 1 unspecified atom stereocenters. The van der Waals surface area contributed by atoms with Crippen molar-refractivity contribution in [2.45, 2.75) is 58.7 Å². The van der Waals surface area contributed by atoms with E-state index in [1.54, 1.807) is 0 Å². The summed E-state index contributed by atoms with van der Waals surface area (Å²) in [6, 6.07) is 0.382. The first kappa shape index (κ1) is 17.9. The average Bonchev–Trinajstić information content (AvgIpc) is 2.74. The van der Waals surface area contributed by atoms with Crippen molar-refractivity contribution < 1.29 is 4.74 Å². The summed E-state index contributed by atoms with van der Waals surface area (Å²) in [5.74, 6) is 0.530. The molecule has 2 fully saturated rings. The Bertz CT molecular complexity index is 396. The molecular formula is C17H34N4O. The normalized spacial score (nSPS) is 29.8. The van der Waals surface area contributed by atoms with Crippen LogP contribution in [0.25, 0.3) is 0 Å². The van der Waals surface area contributed by atoms with Crippen LogP contribution in [-0.4, -0.2) is 66.0 Å². The molecule has 0 spiro atoms. The number of hydrogen-bond acceptors (Lipinski definition) is 5. The van der Waals surface area contributed by atoms with Crippen LogP contribution in [0.15, 0.2) is 12.2 Å². The second-order valence-corrected chi connectivity index (χ2v) is 7.56. The van der Waals surface area contributed by atoms with Crippen molar-refractivity contribution in [1.29, 1.82) is 0 Å². The average molecular weight is 310 g/mol. The van der Waals surface area contributed by atoms with Crippen LogP contribution in [-0.2, 0) is 4.74 Å². The quantitative estimate of drug-likeness (QED) is 0.575. The van der Waals surface area contributed by atoms with Gasteiger partial charge in [-0.3, -0.25) is 4.90 Å². The standard InChI is InChI=1S/C17H34N4O/c1-13(2)16-15(5)20(12-22-16)11-17(6,14(3)4)19(7)18-21-9-8-10-21/h14-16,18H,1,8-12H2,2-7H3/t15?,16-,17-/m1/s1. The van der Waals surface area contributed by atoms with E-state index in [1.807, 2.05) is 0 Å². The molecule has 0 aromatic rings. The third kappa shape index (κ3) is 3.54. The van der Waals surface area contributed by atoms with E-state index in [1.165, 1.54) is 6.42 Å². The smallest absolute Gasteiger partial charge is 0.100 e. The minimum atomic E-state index is 0.0389. The predicted octanol–water partition coefficient (Wildman–Crippen LogP) is 2.08. The van der Waals surface area contributed by atoms with Gasteiger partial charge < -0.3 is 4.74 Å². The lowest BCUT2D eigenvalue weighted by Gasteiger charge is -2.48. The van der Waals surface area contributed by atoms with E-state index in [4.69, 9.17) is 4.74 Å². The Kier molecular flexibility index (Phi) is 5.67. The van der Waals surface area contributed by atoms with Gasteiger partial charge in [-0.05, 0) is 33.1 Å². The molecule has 5 nitrogen and oxygen atoms in total. The van der Waals surface area contributed by atoms with Crippen molar-refractivity contribution >= 4 is 0 Å². The van der Waals surface area contributed by atoms with Crippen molar-refractivity contribution in [2.75, 3.05) is 33.4 Å². The number of hydrazine groups is 2. The van der Waals surface area contributed by atoms with E-state index in [2.05, 4.69) is 68.7 Å². The molecule has 0 amide bonds. The van der Waals surface area contributed by atoms with Gasteiger partial charge in [-0.15, -0.1) is 0 Å². The molecule has 2 heterocycles. The van der Waals surface area contributed by atoms with Crippen molar-refractivity contribution in [1.82, 2.24) is 20.5 Å². The van der Waals surface area contributed by atoms with Gasteiger partial charge in [0.25, 0.3) is 0 Å². The molecule has 1 N–H and O–H groups in total. The number of nitrogens with one attached hydrogen (secondary N) is 1. The fourth-order valence-corrected chi connectivity index (χ4v) is 3.20. The maximum atomic E-state index is 5.94. The molecule has 2 rings (SSSR count). The molecule has 0 bridgehead atoms. The first-order valence-electron chi connectivity index (χ1n) is 8.52. The zero-order valence-electron chi connectivity index (χ0n) is 15.2. The molecule has 22 heavy (non-hydrogen) atoms. The van der Waals surface area contributed by atoms with Gasteiger partial charge in [0.1, 0.15) is 6.73 Å². The highest BCUT2D eigenvalue weighted by Gasteiger charge is 2.41. The van der Waals surface area contributed by atoms with Crippen molar-refractivity contribution in [3.8, 4) is 0 Å². The third-order valence-electron chi connectivity index (χ3n) is 5.60. The van der Waals surface area contributed by atoms with Gasteiger partial charge in [-0.1, -0.05) is 26.0 Å². The first-order chi connectivity index (χ1) is 10.3. The minimum absolute atomic E-state index is 0.0389. The van der Waals surface area contributed by atoms with E-state index in [0.717, 1.165) is 25.2 Å². The summed E-state index contributed by atoms with van der Waals surface area (Å²) in [6.07, 6.45) is 1.45. The summed E-state index contributed by atoms with van der Waals surface area (Å²) < 4.78 is 5.94. The summed E-state index contributed by atoms with van der Waals surface area (Å²) in [6.45, 7) is 19.3. The Morgan fingerprint density at radius 1 is 1.45 bits per heavy atom. The van der Waals surface area contributed by atoms with E-state index in [9.17, 15) is 0 Å². The summed E-state index contributed by atoms with van der Waals surface area (Å²) in [5.41, 5.74) is 4.70. The number of likely N-dealkylation sites (N-methyl/N-ethyl adjacent to an activating group) is 1. The Hall–Kier alpha value is -0.460. The summed E-state index contributed by atoms with van der Waals surface area (Å²) in [4.78, 5) is 2.44. The Balaban J connectivity index is 2.02. The molecule has 5 heteroatoms. The van der Waals surface area contributed by atoms with Crippen LogP contribution < -0.4 is 5.53 Å². The molecule has 3 atom stereocenters. The van der Waals surface area contributed by atoms with E-state index < -0.39 is 0 Å². The molecule has 0 aromatic carbocycles. The minimum Gasteiger partial charge on any atom is -0.357 e. The van der Waals surface area contributed by atoms with Gasteiger partial charge in [0.2, 0.25) is 0 Å². The lowest BCUT2D eigenvalue weighted by molar-refractivity contribution is -0.0870. The van der Waals surface area contributed by atoms with Crippen molar-refractivity contribution in [3.63, 3.8) is 0 Å². The third-order valence-corrected chi connectivity index (χ3v) is 5.60. The topological polar surface area (TPSA) is 31.0 Å². The molecule has 2 aliphatic rings. The molecule has 2 aliphatic heterocycles. The van der Waals surface area contributed by atoms with Gasteiger partial charge >= 0.3 is 0 Å². The summed E-state index contributed by atoms with van der Waals surface area (Å²) >= 11 is 0. The van der Waals surface area contributed by atoms with Crippen LogP contribution in [0.5, 0.6) is 0 Å². The lowest BCUT2D eigenvalue weighted by Crippen LogP contribution is -2.65. The fraction of sp³-hybridized carbons (Fsp3) is 0.882. The zero-order chi connectivity index (χ0) is 16.5. The first-order valence-corrected chi connectivity index (χ1v) is 8.52. The summed E-state index contributed by atoms with van der Waals surface area (Å²) in [7, 11) is 2.16. The largest absolute Gasteiger partial charge is 0.357 e. The fourth-order valence-electron chi connectivity index (χ4n) is 3.20. The maximum Gasteiger partial charge on any atom is 0.100 e. The van der Waals surface area contributed by atoms with Crippen LogP contribution in [0.3, 0.4) is 0 Å². The van der Waals surface area contributed by atoms with Gasteiger partial charge in [0.15, 0.2) is 0 Å². The summed E-state index contributed by atoms with van der Waals surface area (Å²) in [5, 5.41) is 4.57. The van der Waals surface area contributed by atoms with Crippen LogP contribution >= 0.6 is 0 Å². The number of nitrogens with zero attached hydrogens (tertiary/aromatic N) is 3. The number of hydrogen-bond donors (Lipinski definition) is 1. The van der Waals surface area contributed by atoms with Crippen LogP contribution in [0.2, 0.25) is 0 Å². The lowest BCUT2D eigenvalue weighted by atomic mass is 9.87. The monoisotopic (exact) mass is 310 g/mol. The maximum absolute atomic E-state index is 5.94. The van der Waals surface area contributed by atoms with Crippen LogP contribution in [0.4, 0.5) is 0 Å². The van der Waals surface area contributed by atoms with Crippen molar-refractivity contribution in [3.05, 3.63) is 12.2 Å². The molecule has 0 aliphatic carbocycles. The Morgan fingerprint density at radius 3 is 2.50 bits per heavy atom. The Morgan fingerprint density at radius 2 is 2.09 bits per heavy atom. The molecule has 0 radical (unpaired) electrons. The number of rotatable bonds is 7. The zero-order valence-corrected chi connectivity index (χ0v) is 15.2. The van der Waals surface area contributed by atoms with E-state index in [0.29, 0.717) is 18.7 Å². The highest BCUT2D eigenvalue weighted by Crippen LogP contribution is 2.29. The molecule has 0 aromatic heterocycles. The second-order valence-electron chi connectivity index (χ2n) is 7.56. The van der Waals surface area contributed by atoms with Crippen LogP contribution in [0, 0.1) is 5.92 Å². The molecule has 0 saturated carbocycles. The van der Waals surface area contributed by atoms with Gasteiger partial charge in [0, 0.05) is 38.3 Å².